The largest absolute Gasteiger partial charge is 0.468 e. The molecule has 0 aliphatic heterocycles. The van der Waals surface area contributed by atoms with E-state index >= 15 is 0 Å². The highest BCUT2D eigenvalue weighted by Gasteiger charge is 2.09. The topological polar surface area (TPSA) is 29.5 Å². The van der Waals surface area contributed by atoms with E-state index in [1.165, 1.54) is 39.2 Å². The molecule has 0 heterocycles. The number of hydrogen-bond donors (Lipinski definition) is 0. The number of methoxy groups -OCH3 is 1. The zero-order valence-corrected chi connectivity index (χ0v) is 11.1. The first-order valence-corrected chi connectivity index (χ1v) is 6.53. The Morgan fingerprint density at radius 2 is 1.69 bits per heavy atom. The predicted molar refractivity (Wildman–Crippen MR) is 67.5 cm³/mol. The maximum absolute atomic E-state index is 11.2. The first-order chi connectivity index (χ1) is 7.74. The van der Waals surface area contributed by atoms with Crippen LogP contribution in [0.5, 0.6) is 0 Å². The minimum absolute atomic E-state index is 0.123. The summed E-state index contributed by atoms with van der Waals surface area (Å²) in [6.07, 6.45) is 7.47. The average Bonchev–Trinajstić information content (AvgIpc) is 2.28. The summed E-state index contributed by atoms with van der Waals surface area (Å²) in [4.78, 5) is 13.4. The Bertz CT molecular complexity index is 171. The Kier molecular flexibility index (Phi) is 10.5. The fraction of sp³-hybridized carbons (Fsp3) is 0.923. The second kappa shape index (κ2) is 10.9. The van der Waals surface area contributed by atoms with E-state index < -0.39 is 0 Å². The summed E-state index contributed by atoms with van der Waals surface area (Å²) in [6.45, 7) is 6.82. The van der Waals surface area contributed by atoms with Gasteiger partial charge in [-0.15, -0.1) is 0 Å². The van der Waals surface area contributed by atoms with Crippen molar-refractivity contribution in [1.82, 2.24) is 4.90 Å². The number of ether oxygens (including phenoxy) is 1. The molecule has 0 aliphatic carbocycles. The molecule has 0 aromatic carbocycles. The number of hydrogen-bond acceptors (Lipinski definition) is 3. The van der Waals surface area contributed by atoms with Gasteiger partial charge in [0.25, 0.3) is 0 Å². The Labute approximate surface area is 100 Å². The Morgan fingerprint density at radius 1 is 1.00 bits per heavy atom. The predicted octanol–water partition coefficient (Wildman–Crippen LogP) is 2.84. The molecule has 0 atom stereocenters. The zero-order chi connectivity index (χ0) is 12.2. The van der Waals surface area contributed by atoms with Crippen molar-refractivity contribution < 1.29 is 9.53 Å². The molecular weight excluding hydrogens is 202 g/mol. The van der Waals surface area contributed by atoms with Gasteiger partial charge in [0.2, 0.25) is 0 Å². The zero-order valence-electron chi connectivity index (χ0n) is 11.1. The molecule has 96 valence electrons. The maximum Gasteiger partial charge on any atom is 0.319 e. The molecule has 0 aromatic rings. The summed E-state index contributed by atoms with van der Waals surface area (Å²) in [7, 11) is 1.45. The number of nitrogens with zero attached hydrogens (tertiary/aromatic N) is 1. The molecule has 0 saturated carbocycles. The van der Waals surface area contributed by atoms with Crippen LogP contribution in [-0.4, -0.2) is 37.6 Å². The molecule has 0 unspecified atom stereocenters. The summed E-state index contributed by atoms with van der Waals surface area (Å²) in [6, 6.07) is 0. The second-order valence-corrected chi connectivity index (χ2v) is 4.27. The highest BCUT2D eigenvalue weighted by Crippen LogP contribution is 2.04. The van der Waals surface area contributed by atoms with Crippen molar-refractivity contribution in [3.63, 3.8) is 0 Å². The van der Waals surface area contributed by atoms with E-state index in [0.717, 1.165) is 19.5 Å². The fourth-order valence-electron chi connectivity index (χ4n) is 1.77. The summed E-state index contributed by atoms with van der Waals surface area (Å²) in [5.74, 6) is -0.123. The van der Waals surface area contributed by atoms with Gasteiger partial charge in [0.05, 0.1) is 13.7 Å². The van der Waals surface area contributed by atoms with Crippen molar-refractivity contribution >= 4 is 5.97 Å². The lowest BCUT2D eigenvalue weighted by atomic mass is 10.1. The second-order valence-electron chi connectivity index (χ2n) is 4.27. The molecular formula is C13H27NO2. The van der Waals surface area contributed by atoms with Gasteiger partial charge < -0.3 is 4.74 Å². The third-order valence-electron chi connectivity index (χ3n) is 2.70. The van der Waals surface area contributed by atoms with Crippen LogP contribution in [-0.2, 0) is 9.53 Å². The quantitative estimate of drug-likeness (QED) is 0.426. The van der Waals surface area contributed by atoms with Crippen molar-refractivity contribution in [3.8, 4) is 0 Å². The van der Waals surface area contributed by atoms with Crippen LogP contribution in [0.1, 0.15) is 52.4 Å². The molecule has 0 radical (unpaired) electrons. The van der Waals surface area contributed by atoms with E-state index in [-0.39, 0.29) is 5.97 Å². The summed E-state index contributed by atoms with van der Waals surface area (Å²) >= 11 is 0. The van der Waals surface area contributed by atoms with Crippen LogP contribution in [0.25, 0.3) is 0 Å². The lowest BCUT2D eigenvalue weighted by Gasteiger charge is -2.19. The van der Waals surface area contributed by atoms with Crippen LogP contribution < -0.4 is 0 Å². The number of carbonyl (C=O) groups excluding carboxylic acids is 1. The molecule has 0 saturated heterocycles. The molecule has 0 rings (SSSR count). The van der Waals surface area contributed by atoms with Gasteiger partial charge >= 0.3 is 5.97 Å². The molecule has 0 amide bonds. The molecule has 0 fully saturated rings. The van der Waals surface area contributed by atoms with E-state index in [4.69, 9.17) is 4.74 Å². The average molecular weight is 229 g/mol. The van der Waals surface area contributed by atoms with Crippen molar-refractivity contribution in [2.45, 2.75) is 52.4 Å². The first-order valence-electron chi connectivity index (χ1n) is 6.53. The van der Waals surface area contributed by atoms with Gasteiger partial charge in [0.1, 0.15) is 0 Å². The normalized spacial score (nSPS) is 10.8. The van der Waals surface area contributed by atoms with E-state index in [1.807, 2.05) is 0 Å². The van der Waals surface area contributed by atoms with Gasteiger partial charge in [-0.05, 0) is 25.9 Å². The third-order valence-corrected chi connectivity index (χ3v) is 2.70. The van der Waals surface area contributed by atoms with Gasteiger partial charge in [-0.25, -0.2) is 0 Å². The Hall–Kier alpha value is -0.570. The fourth-order valence-corrected chi connectivity index (χ4v) is 1.77. The standard InChI is InChI=1S/C13H27NO2/c1-4-6-7-8-9-11-14(10-5-2)12-13(15)16-3/h4-12H2,1-3H3. The van der Waals surface area contributed by atoms with Crippen molar-refractivity contribution in [1.29, 1.82) is 0 Å². The van der Waals surface area contributed by atoms with Crippen LogP contribution in [0, 0.1) is 0 Å². The number of rotatable bonds is 10. The Morgan fingerprint density at radius 3 is 2.25 bits per heavy atom. The van der Waals surface area contributed by atoms with Gasteiger partial charge in [-0.2, -0.15) is 0 Å². The van der Waals surface area contributed by atoms with Crippen molar-refractivity contribution in [3.05, 3.63) is 0 Å². The van der Waals surface area contributed by atoms with E-state index in [2.05, 4.69) is 18.7 Å². The molecule has 0 bridgehead atoms. The Balaban J connectivity index is 3.63. The van der Waals surface area contributed by atoms with Gasteiger partial charge in [0, 0.05) is 0 Å². The number of unbranched alkanes of at least 4 members (excludes halogenated alkanes) is 4. The highest BCUT2D eigenvalue weighted by atomic mass is 16.5. The van der Waals surface area contributed by atoms with E-state index in [9.17, 15) is 4.79 Å². The van der Waals surface area contributed by atoms with Gasteiger partial charge in [0.15, 0.2) is 0 Å². The third kappa shape index (κ3) is 8.72. The van der Waals surface area contributed by atoms with Crippen LogP contribution in [0.4, 0.5) is 0 Å². The lowest BCUT2D eigenvalue weighted by molar-refractivity contribution is -0.141. The minimum atomic E-state index is -0.123. The summed E-state index contributed by atoms with van der Waals surface area (Å²) < 4.78 is 4.69. The van der Waals surface area contributed by atoms with E-state index in [1.54, 1.807) is 0 Å². The maximum atomic E-state index is 11.2. The molecule has 16 heavy (non-hydrogen) atoms. The van der Waals surface area contributed by atoms with Crippen LogP contribution >= 0.6 is 0 Å². The molecule has 3 heteroatoms. The van der Waals surface area contributed by atoms with Crippen LogP contribution in [0.3, 0.4) is 0 Å². The van der Waals surface area contributed by atoms with Crippen LogP contribution in [0.15, 0.2) is 0 Å². The van der Waals surface area contributed by atoms with Gasteiger partial charge in [-0.3, -0.25) is 9.69 Å². The molecule has 0 aliphatic rings. The molecule has 0 aromatic heterocycles. The summed E-state index contributed by atoms with van der Waals surface area (Å²) in [5, 5.41) is 0. The molecule has 0 spiro atoms. The SMILES string of the molecule is CCCCCCCN(CCC)CC(=O)OC. The van der Waals surface area contributed by atoms with Crippen LogP contribution in [0.2, 0.25) is 0 Å². The monoisotopic (exact) mass is 229 g/mol. The highest BCUT2D eigenvalue weighted by molar-refractivity contribution is 5.71. The van der Waals surface area contributed by atoms with E-state index in [0.29, 0.717) is 6.54 Å². The first kappa shape index (κ1) is 15.4. The summed E-state index contributed by atoms with van der Waals surface area (Å²) in [5.41, 5.74) is 0. The van der Waals surface area contributed by atoms with Crippen molar-refractivity contribution in [2.24, 2.45) is 0 Å². The molecule has 3 nitrogen and oxygen atoms in total. The van der Waals surface area contributed by atoms with Crippen molar-refractivity contribution in [2.75, 3.05) is 26.7 Å². The minimum Gasteiger partial charge on any atom is -0.468 e. The lowest BCUT2D eigenvalue weighted by Crippen LogP contribution is -2.32. The number of carbonyl (C=O) groups is 1. The molecule has 0 N–H and O–H groups in total. The van der Waals surface area contributed by atoms with Gasteiger partial charge in [-0.1, -0.05) is 39.5 Å². The smallest absolute Gasteiger partial charge is 0.319 e. The number of esters is 1.